The molecule has 0 fully saturated rings. The fraction of sp³-hybridized carbons (Fsp3) is 0.211. The first-order valence-electron chi connectivity index (χ1n) is 7.89. The number of fused-ring (bicyclic) bond motifs is 1. The van der Waals surface area contributed by atoms with E-state index in [0.717, 1.165) is 27.4 Å². The highest BCUT2D eigenvalue weighted by molar-refractivity contribution is 7.98. The average molecular weight is 380 g/mol. The number of halogens is 3. The van der Waals surface area contributed by atoms with Gasteiger partial charge >= 0.3 is 0 Å². The van der Waals surface area contributed by atoms with Gasteiger partial charge in [0.25, 0.3) is 0 Å². The highest BCUT2D eigenvalue weighted by atomic mass is 35.5. The predicted octanol–water partition coefficient (Wildman–Crippen LogP) is 4.71. The van der Waals surface area contributed by atoms with Crippen LogP contribution in [0.5, 0.6) is 0 Å². The summed E-state index contributed by atoms with van der Waals surface area (Å²) < 4.78 is 26.9. The molecule has 6 heteroatoms. The number of nitrogens with two attached hydrogens (primary N) is 1. The van der Waals surface area contributed by atoms with Crippen LogP contribution in [0.3, 0.4) is 0 Å². The van der Waals surface area contributed by atoms with Crippen molar-refractivity contribution in [3.8, 4) is 0 Å². The minimum Gasteiger partial charge on any atom is -0.336 e. The Hall–Kier alpha value is -1.69. The monoisotopic (exact) mass is 379 g/mol. The summed E-state index contributed by atoms with van der Waals surface area (Å²) in [6.45, 7) is 2.44. The predicted molar refractivity (Wildman–Crippen MR) is 98.9 cm³/mol. The van der Waals surface area contributed by atoms with Crippen molar-refractivity contribution in [1.82, 2.24) is 4.98 Å². The number of nitrogens with zero attached hydrogens (tertiary/aromatic N) is 1. The Bertz CT molecular complexity index is 917. The molecule has 2 nitrogen and oxygen atoms in total. The number of thioether (sulfide) groups is 1. The fourth-order valence-electron chi connectivity index (χ4n) is 2.74. The molecule has 1 heterocycles. The highest BCUT2D eigenvalue weighted by Crippen LogP contribution is 2.24. The molecule has 0 aliphatic rings. The number of hydrogen-bond donors (Lipinski definition) is 1. The Labute approximate surface area is 154 Å². The molecule has 0 aliphatic heterocycles. The van der Waals surface area contributed by atoms with Gasteiger partial charge in [-0.1, -0.05) is 17.7 Å². The molecule has 3 aromatic rings. The van der Waals surface area contributed by atoms with Crippen LogP contribution in [0.2, 0.25) is 5.15 Å². The number of hydrogen-bond acceptors (Lipinski definition) is 2. The van der Waals surface area contributed by atoms with Gasteiger partial charge in [-0.05, 0) is 43.5 Å². The Morgan fingerprint density at radius 2 is 1.96 bits per heavy atom. The van der Waals surface area contributed by atoms with Crippen LogP contribution in [0.25, 0.3) is 10.9 Å². The number of rotatable bonds is 5. The quantitative estimate of drug-likeness (QED) is 0.513. The van der Waals surface area contributed by atoms with Crippen LogP contribution in [-0.4, -0.2) is 11.2 Å². The van der Waals surface area contributed by atoms with Gasteiger partial charge < -0.3 is 5.32 Å². The molecule has 2 N–H and O–H groups in total. The molecule has 1 atom stereocenters. The molecule has 25 heavy (non-hydrogen) atoms. The third-order valence-electron chi connectivity index (χ3n) is 4.20. The van der Waals surface area contributed by atoms with Gasteiger partial charge in [0.2, 0.25) is 0 Å². The molecule has 0 saturated heterocycles. The Morgan fingerprint density at radius 1 is 1.16 bits per heavy atom. The van der Waals surface area contributed by atoms with E-state index in [0.29, 0.717) is 17.3 Å². The van der Waals surface area contributed by atoms with Gasteiger partial charge in [0.1, 0.15) is 29.4 Å². The maximum Gasteiger partial charge on any atom is 0.138 e. The first-order chi connectivity index (χ1) is 12.0. The lowest BCUT2D eigenvalue weighted by Gasteiger charge is -2.13. The molecule has 0 unspecified atom stereocenters. The van der Waals surface area contributed by atoms with Gasteiger partial charge in [0.05, 0.1) is 5.52 Å². The van der Waals surface area contributed by atoms with Crippen LogP contribution in [0.1, 0.15) is 24.1 Å². The number of quaternary nitrogens is 1. The first kappa shape index (κ1) is 18.1. The van der Waals surface area contributed by atoms with E-state index in [1.807, 2.05) is 42.8 Å². The third-order valence-corrected chi connectivity index (χ3v) is 5.25. The van der Waals surface area contributed by atoms with E-state index in [-0.39, 0.29) is 6.04 Å². The summed E-state index contributed by atoms with van der Waals surface area (Å²) in [5, 5.41) is 3.43. The second-order valence-electron chi connectivity index (χ2n) is 5.89. The largest absolute Gasteiger partial charge is 0.336 e. The lowest BCUT2D eigenvalue weighted by atomic mass is 10.1. The minimum atomic E-state index is -0.570. The van der Waals surface area contributed by atoms with Crippen molar-refractivity contribution in [3.63, 3.8) is 0 Å². The number of benzene rings is 2. The lowest BCUT2D eigenvalue weighted by molar-refractivity contribution is -0.708. The van der Waals surface area contributed by atoms with Crippen molar-refractivity contribution in [2.45, 2.75) is 24.4 Å². The lowest BCUT2D eigenvalue weighted by Crippen LogP contribution is -2.83. The van der Waals surface area contributed by atoms with Crippen molar-refractivity contribution in [1.29, 1.82) is 0 Å². The molecule has 0 amide bonds. The molecule has 2 aromatic carbocycles. The third kappa shape index (κ3) is 4.11. The second kappa shape index (κ2) is 7.68. The molecule has 0 saturated carbocycles. The highest BCUT2D eigenvalue weighted by Gasteiger charge is 2.16. The molecule has 1 aromatic heterocycles. The van der Waals surface area contributed by atoms with Gasteiger partial charge in [0, 0.05) is 27.5 Å². The van der Waals surface area contributed by atoms with Gasteiger partial charge in [-0.3, -0.25) is 0 Å². The smallest absolute Gasteiger partial charge is 0.138 e. The second-order valence-corrected chi connectivity index (χ2v) is 7.13. The summed E-state index contributed by atoms with van der Waals surface area (Å²) in [5.41, 5.74) is 2.22. The molecule has 0 bridgehead atoms. The van der Waals surface area contributed by atoms with Gasteiger partial charge in [-0.25, -0.2) is 13.8 Å². The van der Waals surface area contributed by atoms with Crippen LogP contribution in [0.15, 0.2) is 47.4 Å². The van der Waals surface area contributed by atoms with Crippen LogP contribution in [0, 0.1) is 11.6 Å². The molecular formula is C19H18ClF2N2S+. The van der Waals surface area contributed by atoms with Crippen LogP contribution >= 0.6 is 23.4 Å². The zero-order valence-corrected chi connectivity index (χ0v) is 15.5. The normalized spacial score (nSPS) is 12.5. The SMILES string of the molecule is CSc1ccc2cc(C[NH2+][C@@H](C)c3ccc(F)cc3F)c(Cl)nc2c1. The molecule has 0 spiro atoms. The topological polar surface area (TPSA) is 29.5 Å². The Kier molecular flexibility index (Phi) is 5.57. The minimum absolute atomic E-state index is 0.161. The van der Waals surface area contributed by atoms with Crippen molar-refractivity contribution in [2.24, 2.45) is 0 Å². The zero-order valence-electron chi connectivity index (χ0n) is 13.9. The van der Waals surface area contributed by atoms with E-state index in [9.17, 15) is 8.78 Å². The number of aromatic nitrogens is 1. The van der Waals surface area contributed by atoms with E-state index >= 15 is 0 Å². The Balaban J connectivity index is 1.79. The van der Waals surface area contributed by atoms with E-state index in [4.69, 9.17) is 11.6 Å². The summed E-state index contributed by atoms with van der Waals surface area (Å²) in [5.74, 6) is -1.10. The van der Waals surface area contributed by atoms with Gasteiger partial charge in [-0.15, -0.1) is 11.8 Å². The molecule has 3 rings (SSSR count). The van der Waals surface area contributed by atoms with Crippen LogP contribution < -0.4 is 5.32 Å². The van der Waals surface area contributed by atoms with Crippen molar-refractivity contribution < 1.29 is 14.1 Å². The van der Waals surface area contributed by atoms with E-state index < -0.39 is 11.6 Å². The summed E-state index contributed by atoms with van der Waals surface area (Å²) >= 11 is 7.98. The summed E-state index contributed by atoms with van der Waals surface area (Å²) in [4.78, 5) is 5.61. The Morgan fingerprint density at radius 3 is 2.68 bits per heavy atom. The first-order valence-corrected chi connectivity index (χ1v) is 9.49. The van der Waals surface area contributed by atoms with E-state index in [1.165, 1.54) is 12.1 Å². The van der Waals surface area contributed by atoms with Crippen molar-refractivity contribution in [3.05, 3.63) is 70.4 Å². The molecular weight excluding hydrogens is 362 g/mol. The van der Waals surface area contributed by atoms with Crippen molar-refractivity contribution >= 4 is 34.3 Å². The van der Waals surface area contributed by atoms with E-state index in [2.05, 4.69) is 4.98 Å². The standard InChI is InChI=1S/C19H17ClF2N2S/c1-11(16-6-4-14(21)8-17(16)22)23-10-13-7-12-3-5-15(25-2)9-18(12)24-19(13)20/h3-9,11,23H,10H2,1-2H3/p+1/t11-/m0/s1. The maximum absolute atomic E-state index is 13.9. The van der Waals surface area contributed by atoms with Crippen LogP contribution in [0.4, 0.5) is 8.78 Å². The molecule has 130 valence electrons. The number of pyridine rings is 1. The summed E-state index contributed by atoms with van der Waals surface area (Å²) in [6, 6.07) is 11.6. The summed E-state index contributed by atoms with van der Waals surface area (Å²) in [7, 11) is 0. The maximum atomic E-state index is 13.9. The van der Waals surface area contributed by atoms with Crippen molar-refractivity contribution in [2.75, 3.05) is 6.26 Å². The summed E-state index contributed by atoms with van der Waals surface area (Å²) in [6.07, 6.45) is 2.02. The van der Waals surface area contributed by atoms with Gasteiger partial charge in [-0.2, -0.15) is 0 Å². The zero-order chi connectivity index (χ0) is 18.0. The molecule has 0 aliphatic carbocycles. The molecule has 0 radical (unpaired) electrons. The van der Waals surface area contributed by atoms with Crippen LogP contribution in [-0.2, 0) is 6.54 Å². The average Bonchev–Trinajstić information content (AvgIpc) is 2.59. The fourth-order valence-corrected chi connectivity index (χ4v) is 3.40. The van der Waals surface area contributed by atoms with E-state index in [1.54, 1.807) is 11.8 Å². The van der Waals surface area contributed by atoms with Gasteiger partial charge in [0.15, 0.2) is 0 Å².